The van der Waals surface area contributed by atoms with Crippen LogP contribution in [0.15, 0.2) is 29.2 Å². The molecule has 112 valence electrons. The maximum absolute atomic E-state index is 11.2. The summed E-state index contributed by atoms with van der Waals surface area (Å²) in [6, 6.07) is 7.49. The van der Waals surface area contributed by atoms with E-state index in [2.05, 4.69) is 12.2 Å². The Balaban J connectivity index is 1.82. The Morgan fingerprint density at radius 2 is 1.95 bits per heavy atom. The summed E-state index contributed by atoms with van der Waals surface area (Å²) >= 11 is 0. The Bertz CT molecular complexity index is 525. The normalized spacial score (nSPS) is 23.1. The molecule has 1 aromatic rings. The minimum atomic E-state index is -3.58. The Morgan fingerprint density at radius 3 is 2.55 bits per heavy atom. The number of nitrogens with one attached hydrogen (secondary N) is 1. The summed E-state index contributed by atoms with van der Waals surface area (Å²) in [5.74, 6) is 0.819. The minimum Gasteiger partial charge on any atom is -0.313 e. The van der Waals surface area contributed by atoms with E-state index in [1.165, 1.54) is 25.7 Å². The fourth-order valence-corrected chi connectivity index (χ4v) is 3.56. The molecule has 4 nitrogen and oxygen atoms in total. The molecule has 20 heavy (non-hydrogen) atoms. The van der Waals surface area contributed by atoms with Crippen molar-refractivity contribution in [1.29, 1.82) is 0 Å². The second-order valence-corrected chi connectivity index (χ2v) is 7.16. The summed E-state index contributed by atoms with van der Waals surface area (Å²) in [7, 11) is -3.58. The highest BCUT2D eigenvalue weighted by Crippen LogP contribution is 2.27. The molecule has 1 fully saturated rings. The maximum Gasteiger partial charge on any atom is 0.238 e. The first-order valence-electron chi connectivity index (χ1n) is 7.36. The van der Waals surface area contributed by atoms with Crippen LogP contribution >= 0.6 is 0 Å². The zero-order valence-corrected chi connectivity index (χ0v) is 12.8. The summed E-state index contributed by atoms with van der Waals surface area (Å²) < 4.78 is 22.3. The second kappa shape index (κ2) is 6.70. The van der Waals surface area contributed by atoms with E-state index in [1.54, 1.807) is 12.1 Å². The molecule has 3 N–H and O–H groups in total. The van der Waals surface area contributed by atoms with Crippen LogP contribution in [0.4, 0.5) is 0 Å². The van der Waals surface area contributed by atoms with Gasteiger partial charge in [-0.25, -0.2) is 13.6 Å². The number of rotatable bonds is 6. The first-order valence-corrected chi connectivity index (χ1v) is 8.90. The molecule has 5 heteroatoms. The van der Waals surface area contributed by atoms with Gasteiger partial charge in [0.1, 0.15) is 0 Å². The average Bonchev–Trinajstić information content (AvgIpc) is 2.86. The third kappa shape index (κ3) is 4.04. The smallest absolute Gasteiger partial charge is 0.238 e. The van der Waals surface area contributed by atoms with E-state index in [9.17, 15) is 8.42 Å². The van der Waals surface area contributed by atoms with Crippen molar-refractivity contribution in [2.75, 3.05) is 6.54 Å². The molecular weight excluding hydrogens is 272 g/mol. The van der Waals surface area contributed by atoms with Crippen LogP contribution in [0.3, 0.4) is 0 Å². The van der Waals surface area contributed by atoms with Gasteiger partial charge in [0.15, 0.2) is 0 Å². The quantitative estimate of drug-likeness (QED) is 0.844. The van der Waals surface area contributed by atoms with Gasteiger partial charge in [0.25, 0.3) is 0 Å². The van der Waals surface area contributed by atoms with Crippen LogP contribution < -0.4 is 10.5 Å². The van der Waals surface area contributed by atoms with E-state index in [4.69, 9.17) is 5.14 Å². The van der Waals surface area contributed by atoms with Crippen LogP contribution in [0.5, 0.6) is 0 Å². The van der Waals surface area contributed by atoms with Crippen LogP contribution in [-0.2, 0) is 16.4 Å². The summed E-state index contributed by atoms with van der Waals surface area (Å²) in [5, 5.41) is 8.71. The van der Waals surface area contributed by atoms with Gasteiger partial charge in [-0.3, -0.25) is 0 Å². The molecule has 0 bridgehead atoms. The first kappa shape index (κ1) is 15.5. The molecule has 0 spiro atoms. The van der Waals surface area contributed by atoms with Crippen LogP contribution in [0.2, 0.25) is 0 Å². The van der Waals surface area contributed by atoms with E-state index in [0.717, 1.165) is 24.4 Å². The molecule has 1 saturated carbocycles. The number of sulfonamides is 1. The van der Waals surface area contributed by atoms with Crippen molar-refractivity contribution < 1.29 is 8.42 Å². The lowest BCUT2D eigenvalue weighted by atomic mass is 10.0. The lowest BCUT2D eigenvalue weighted by Crippen LogP contribution is -2.33. The van der Waals surface area contributed by atoms with Gasteiger partial charge in [-0.2, -0.15) is 0 Å². The van der Waals surface area contributed by atoms with Crippen molar-refractivity contribution in [3.05, 3.63) is 29.8 Å². The molecule has 0 radical (unpaired) electrons. The molecule has 1 aliphatic rings. The Kier molecular flexibility index (Phi) is 5.18. The van der Waals surface area contributed by atoms with E-state index >= 15 is 0 Å². The van der Waals surface area contributed by atoms with Crippen molar-refractivity contribution in [2.45, 2.75) is 50.0 Å². The van der Waals surface area contributed by atoms with Crippen molar-refractivity contribution in [1.82, 2.24) is 5.32 Å². The lowest BCUT2D eigenvalue weighted by molar-refractivity contribution is 0.393. The Labute approximate surface area is 121 Å². The van der Waals surface area contributed by atoms with Crippen LogP contribution in [-0.4, -0.2) is 21.0 Å². The number of hydrogen-bond acceptors (Lipinski definition) is 3. The summed E-state index contributed by atoms with van der Waals surface area (Å²) in [6.07, 6.45) is 6.12. The molecular formula is C15H24N2O2S. The van der Waals surface area contributed by atoms with E-state index < -0.39 is 10.0 Å². The van der Waals surface area contributed by atoms with Gasteiger partial charge in [0.05, 0.1) is 4.90 Å². The van der Waals surface area contributed by atoms with Crippen LogP contribution in [0.25, 0.3) is 0 Å². The molecule has 2 rings (SSSR count). The van der Waals surface area contributed by atoms with Gasteiger partial charge in [0, 0.05) is 6.04 Å². The Morgan fingerprint density at radius 1 is 1.25 bits per heavy atom. The predicted molar refractivity (Wildman–Crippen MR) is 80.9 cm³/mol. The highest BCUT2D eigenvalue weighted by atomic mass is 32.2. The fraction of sp³-hybridized carbons (Fsp3) is 0.600. The number of hydrogen-bond donors (Lipinski definition) is 2. The zero-order chi connectivity index (χ0) is 14.6. The molecule has 1 aliphatic carbocycles. The van der Waals surface area contributed by atoms with Crippen LogP contribution in [0, 0.1) is 5.92 Å². The molecule has 1 aromatic carbocycles. The third-order valence-electron chi connectivity index (χ3n) is 4.26. The molecule has 0 heterocycles. The summed E-state index contributed by atoms with van der Waals surface area (Å²) in [5.41, 5.74) is 1.14. The lowest BCUT2D eigenvalue weighted by Gasteiger charge is -2.19. The van der Waals surface area contributed by atoms with Crippen molar-refractivity contribution in [3.8, 4) is 0 Å². The van der Waals surface area contributed by atoms with E-state index in [-0.39, 0.29) is 4.90 Å². The van der Waals surface area contributed by atoms with Gasteiger partial charge in [-0.1, -0.05) is 31.9 Å². The van der Waals surface area contributed by atoms with Crippen molar-refractivity contribution in [3.63, 3.8) is 0 Å². The number of nitrogens with two attached hydrogens (primary N) is 1. The fourth-order valence-electron chi connectivity index (χ4n) is 3.04. The largest absolute Gasteiger partial charge is 0.313 e. The van der Waals surface area contributed by atoms with Gasteiger partial charge in [-0.05, 0) is 49.4 Å². The van der Waals surface area contributed by atoms with E-state index in [1.807, 2.05) is 12.1 Å². The van der Waals surface area contributed by atoms with Gasteiger partial charge in [-0.15, -0.1) is 0 Å². The third-order valence-corrected chi connectivity index (χ3v) is 5.18. The SMILES string of the molecule is CCC1CCCC1NCCc1ccc(S(N)(=O)=O)cc1. The zero-order valence-electron chi connectivity index (χ0n) is 12.0. The van der Waals surface area contributed by atoms with Gasteiger partial charge >= 0.3 is 0 Å². The molecule has 0 aliphatic heterocycles. The standard InChI is InChI=1S/C15H24N2O2S/c1-2-13-4-3-5-15(13)17-11-10-12-6-8-14(9-7-12)20(16,18)19/h6-9,13,15,17H,2-5,10-11H2,1H3,(H2,16,18,19). The van der Waals surface area contributed by atoms with Crippen molar-refractivity contribution in [2.24, 2.45) is 11.1 Å². The summed E-state index contributed by atoms with van der Waals surface area (Å²) in [4.78, 5) is 0.177. The van der Waals surface area contributed by atoms with E-state index in [0.29, 0.717) is 6.04 Å². The molecule has 0 saturated heterocycles. The molecule has 2 unspecified atom stereocenters. The highest BCUT2D eigenvalue weighted by Gasteiger charge is 2.24. The van der Waals surface area contributed by atoms with Gasteiger partial charge < -0.3 is 5.32 Å². The first-order chi connectivity index (χ1) is 9.50. The summed E-state index contributed by atoms with van der Waals surface area (Å²) in [6.45, 7) is 3.20. The topological polar surface area (TPSA) is 72.2 Å². The van der Waals surface area contributed by atoms with Gasteiger partial charge in [0.2, 0.25) is 10.0 Å². The molecule has 2 atom stereocenters. The molecule has 0 amide bonds. The second-order valence-electron chi connectivity index (χ2n) is 5.60. The van der Waals surface area contributed by atoms with Crippen LogP contribution in [0.1, 0.15) is 38.2 Å². The highest BCUT2D eigenvalue weighted by molar-refractivity contribution is 7.89. The number of primary sulfonamides is 1. The maximum atomic E-state index is 11.2. The average molecular weight is 296 g/mol. The predicted octanol–water partition coefficient (Wildman–Crippen LogP) is 2.04. The number of benzene rings is 1. The monoisotopic (exact) mass is 296 g/mol. The Hall–Kier alpha value is -0.910. The molecule has 0 aromatic heterocycles. The van der Waals surface area contributed by atoms with Crippen molar-refractivity contribution >= 4 is 10.0 Å². The minimum absolute atomic E-state index is 0.177.